The van der Waals surface area contributed by atoms with Crippen LogP contribution >= 0.6 is 15.9 Å². The summed E-state index contributed by atoms with van der Waals surface area (Å²) in [7, 11) is 1.59. The molecule has 1 atom stereocenters. The number of hydrogen-bond donors (Lipinski definition) is 1. The van der Waals surface area contributed by atoms with E-state index in [0.717, 1.165) is 15.7 Å². The van der Waals surface area contributed by atoms with Gasteiger partial charge in [-0.3, -0.25) is 4.98 Å². The molecular weight excluding hydrogens is 322 g/mol. The van der Waals surface area contributed by atoms with Crippen molar-refractivity contribution in [2.24, 2.45) is 0 Å². The first-order chi connectivity index (χ1) is 9.60. The summed E-state index contributed by atoms with van der Waals surface area (Å²) >= 11 is 3.34. The molecule has 0 radical (unpaired) electrons. The fourth-order valence-electron chi connectivity index (χ4n) is 1.76. The van der Waals surface area contributed by atoms with Crippen molar-refractivity contribution in [1.82, 2.24) is 4.98 Å². The highest BCUT2D eigenvalue weighted by molar-refractivity contribution is 9.10. The van der Waals surface area contributed by atoms with Gasteiger partial charge in [0.15, 0.2) is 0 Å². The molecule has 0 aliphatic heterocycles. The molecule has 0 aliphatic rings. The average molecular weight is 338 g/mol. The number of aromatic nitrogens is 1. The highest BCUT2D eigenvalue weighted by Crippen LogP contribution is 2.30. The Bertz CT molecular complexity index is 570. The lowest BCUT2D eigenvalue weighted by molar-refractivity contribution is 0.189. The lowest BCUT2D eigenvalue weighted by Crippen LogP contribution is -2.02. The molecule has 0 saturated carbocycles. The Hall–Kier alpha value is -1.59. The molecule has 0 fully saturated rings. The first kappa shape index (κ1) is 14.8. The van der Waals surface area contributed by atoms with Crippen molar-refractivity contribution >= 4 is 15.9 Å². The lowest BCUT2D eigenvalue weighted by atomic mass is 10.1. The molecule has 5 heteroatoms. The maximum atomic E-state index is 9.76. The van der Waals surface area contributed by atoms with Crippen LogP contribution in [0.3, 0.4) is 0 Å². The minimum absolute atomic E-state index is 0.333. The van der Waals surface area contributed by atoms with Gasteiger partial charge in [-0.2, -0.15) is 0 Å². The Kier molecular flexibility index (Phi) is 4.98. The number of hydrogen-bond acceptors (Lipinski definition) is 4. The van der Waals surface area contributed by atoms with E-state index in [2.05, 4.69) is 20.9 Å². The van der Waals surface area contributed by atoms with Crippen LogP contribution in [-0.4, -0.2) is 17.2 Å². The number of benzene rings is 1. The first-order valence-corrected chi connectivity index (χ1v) is 6.98. The number of aliphatic hydroxyl groups excluding tert-OH is 1. The molecule has 1 aromatic heterocycles. The van der Waals surface area contributed by atoms with E-state index in [1.54, 1.807) is 38.4 Å². The van der Waals surface area contributed by atoms with E-state index >= 15 is 0 Å². The van der Waals surface area contributed by atoms with Gasteiger partial charge in [-0.1, -0.05) is 0 Å². The third kappa shape index (κ3) is 3.71. The highest BCUT2D eigenvalue weighted by atomic mass is 79.9. The predicted molar refractivity (Wildman–Crippen MR) is 79.9 cm³/mol. The van der Waals surface area contributed by atoms with Crippen LogP contribution in [0.2, 0.25) is 0 Å². The van der Waals surface area contributed by atoms with Gasteiger partial charge in [0, 0.05) is 22.3 Å². The summed E-state index contributed by atoms with van der Waals surface area (Å²) in [5.41, 5.74) is 1.54. The molecule has 1 heterocycles. The van der Waals surface area contributed by atoms with Crippen LogP contribution in [0.5, 0.6) is 11.5 Å². The van der Waals surface area contributed by atoms with Crippen molar-refractivity contribution in [2.45, 2.75) is 19.6 Å². The SMILES string of the molecule is COc1ccc(C(C)O)c(OCc2ccc(Br)cn2)c1. The summed E-state index contributed by atoms with van der Waals surface area (Å²) in [4.78, 5) is 4.24. The fourth-order valence-corrected chi connectivity index (χ4v) is 1.99. The van der Waals surface area contributed by atoms with Crippen molar-refractivity contribution in [3.05, 3.63) is 52.3 Å². The summed E-state index contributed by atoms with van der Waals surface area (Å²) in [5.74, 6) is 1.29. The lowest BCUT2D eigenvalue weighted by Gasteiger charge is -2.14. The monoisotopic (exact) mass is 337 g/mol. The molecule has 0 bridgehead atoms. The van der Waals surface area contributed by atoms with Crippen LogP contribution in [0.1, 0.15) is 24.3 Å². The van der Waals surface area contributed by atoms with Crippen LogP contribution in [-0.2, 0) is 6.61 Å². The number of methoxy groups -OCH3 is 1. The fraction of sp³-hybridized carbons (Fsp3) is 0.267. The maximum Gasteiger partial charge on any atom is 0.130 e. The van der Waals surface area contributed by atoms with E-state index in [9.17, 15) is 5.11 Å². The topological polar surface area (TPSA) is 51.6 Å². The van der Waals surface area contributed by atoms with Crippen molar-refractivity contribution in [3.63, 3.8) is 0 Å². The van der Waals surface area contributed by atoms with E-state index in [0.29, 0.717) is 18.1 Å². The first-order valence-electron chi connectivity index (χ1n) is 6.19. The normalized spacial score (nSPS) is 12.0. The molecule has 2 rings (SSSR count). The van der Waals surface area contributed by atoms with Crippen molar-refractivity contribution in [2.75, 3.05) is 7.11 Å². The molecule has 4 nitrogen and oxygen atoms in total. The number of halogens is 1. The van der Waals surface area contributed by atoms with Crippen molar-refractivity contribution < 1.29 is 14.6 Å². The number of nitrogens with zero attached hydrogens (tertiary/aromatic N) is 1. The Morgan fingerprint density at radius 2 is 2.10 bits per heavy atom. The molecule has 0 spiro atoms. The van der Waals surface area contributed by atoms with E-state index in [-0.39, 0.29) is 0 Å². The standard InChI is InChI=1S/C15H16BrNO3/c1-10(18)14-6-5-13(19-2)7-15(14)20-9-12-4-3-11(16)8-17-12/h3-8,10,18H,9H2,1-2H3. The third-order valence-electron chi connectivity index (χ3n) is 2.84. The minimum Gasteiger partial charge on any atom is -0.497 e. The molecule has 106 valence electrons. The maximum absolute atomic E-state index is 9.76. The summed E-state index contributed by atoms with van der Waals surface area (Å²) in [6, 6.07) is 9.15. The second-order valence-electron chi connectivity index (χ2n) is 4.34. The van der Waals surface area contributed by atoms with Crippen LogP contribution in [0.25, 0.3) is 0 Å². The summed E-state index contributed by atoms with van der Waals surface area (Å²) in [6.45, 7) is 2.03. The van der Waals surface area contributed by atoms with Crippen LogP contribution in [0.4, 0.5) is 0 Å². The smallest absolute Gasteiger partial charge is 0.130 e. The number of aliphatic hydroxyl groups is 1. The second kappa shape index (κ2) is 6.72. The van der Waals surface area contributed by atoms with Gasteiger partial charge in [0.05, 0.1) is 18.9 Å². The largest absolute Gasteiger partial charge is 0.497 e. The van der Waals surface area contributed by atoms with Crippen molar-refractivity contribution in [1.29, 1.82) is 0 Å². The quantitative estimate of drug-likeness (QED) is 0.907. The van der Waals surface area contributed by atoms with Crippen molar-refractivity contribution in [3.8, 4) is 11.5 Å². The zero-order valence-electron chi connectivity index (χ0n) is 11.3. The van der Waals surface area contributed by atoms with E-state index in [1.165, 1.54) is 0 Å². The van der Waals surface area contributed by atoms with E-state index in [1.807, 2.05) is 12.1 Å². The third-order valence-corrected chi connectivity index (χ3v) is 3.30. The zero-order valence-corrected chi connectivity index (χ0v) is 12.9. The van der Waals surface area contributed by atoms with Gasteiger partial charge in [-0.05, 0) is 47.1 Å². The van der Waals surface area contributed by atoms with Crippen LogP contribution < -0.4 is 9.47 Å². The summed E-state index contributed by atoms with van der Waals surface area (Å²) in [5, 5.41) is 9.76. The molecule has 0 saturated heterocycles. The van der Waals surface area contributed by atoms with Gasteiger partial charge in [0.2, 0.25) is 0 Å². The molecule has 1 N–H and O–H groups in total. The summed E-state index contributed by atoms with van der Waals surface area (Å²) < 4.78 is 11.8. The van der Waals surface area contributed by atoms with Gasteiger partial charge in [0.25, 0.3) is 0 Å². The Morgan fingerprint density at radius 3 is 2.70 bits per heavy atom. The highest BCUT2D eigenvalue weighted by Gasteiger charge is 2.11. The van der Waals surface area contributed by atoms with Gasteiger partial charge >= 0.3 is 0 Å². The Balaban J connectivity index is 2.16. The van der Waals surface area contributed by atoms with Crippen LogP contribution in [0.15, 0.2) is 41.0 Å². The molecular formula is C15H16BrNO3. The van der Waals surface area contributed by atoms with Crippen LogP contribution in [0, 0.1) is 0 Å². The minimum atomic E-state index is -0.603. The average Bonchev–Trinajstić information content (AvgIpc) is 2.46. The van der Waals surface area contributed by atoms with E-state index in [4.69, 9.17) is 9.47 Å². The Labute approximate surface area is 126 Å². The number of ether oxygens (including phenoxy) is 2. The van der Waals surface area contributed by atoms with E-state index < -0.39 is 6.10 Å². The molecule has 2 aromatic rings. The summed E-state index contributed by atoms with van der Waals surface area (Å²) in [6.07, 6.45) is 1.12. The molecule has 1 unspecified atom stereocenters. The predicted octanol–water partition coefficient (Wildman–Crippen LogP) is 3.49. The van der Waals surface area contributed by atoms with Gasteiger partial charge in [-0.25, -0.2) is 0 Å². The van der Waals surface area contributed by atoms with Gasteiger partial charge in [0.1, 0.15) is 18.1 Å². The van der Waals surface area contributed by atoms with Gasteiger partial charge in [-0.15, -0.1) is 0 Å². The molecule has 0 aliphatic carbocycles. The molecule has 0 amide bonds. The second-order valence-corrected chi connectivity index (χ2v) is 5.25. The number of rotatable bonds is 5. The number of pyridine rings is 1. The molecule has 20 heavy (non-hydrogen) atoms. The zero-order chi connectivity index (χ0) is 14.5. The van der Waals surface area contributed by atoms with Gasteiger partial charge < -0.3 is 14.6 Å². The Morgan fingerprint density at radius 1 is 1.30 bits per heavy atom. The molecule has 1 aromatic carbocycles.